The molecular formula is C20H17ClN2O5. The fourth-order valence-electron chi connectivity index (χ4n) is 2.62. The number of nitrogens with one attached hydrogen (secondary N) is 1. The van der Waals surface area contributed by atoms with Crippen LogP contribution in [0.5, 0.6) is 5.75 Å². The molecule has 0 aromatic heterocycles. The molecule has 1 atom stereocenters. The number of carbonyl (C=O) groups is 3. The zero-order valence-electron chi connectivity index (χ0n) is 15.1. The third-order valence-electron chi connectivity index (χ3n) is 4.01. The number of benzene rings is 2. The Hall–Kier alpha value is -3.32. The Morgan fingerprint density at radius 1 is 1.18 bits per heavy atom. The first-order valence-electron chi connectivity index (χ1n) is 8.37. The molecule has 28 heavy (non-hydrogen) atoms. The van der Waals surface area contributed by atoms with Crippen LogP contribution in [0.1, 0.15) is 12.5 Å². The maximum absolute atomic E-state index is 12.7. The molecule has 3 rings (SSSR count). The van der Waals surface area contributed by atoms with Gasteiger partial charge in [0.15, 0.2) is 6.10 Å². The molecule has 2 amide bonds. The minimum absolute atomic E-state index is 0.0818. The molecule has 0 saturated carbocycles. The Bertz CT molecular complexity index is 958. The number of rotatable bonds is 5. The molecule has 0 bridgehead atoms. The lowest BCUT2D eigenvalue weighted by Gasteiger charge is -2.15. The number of methoxy groups -OCH3 is 1. The molecule has 8 heteroatoms. The van der Waals surface area contributed by atoms with Crippen LogP contribution in [0.25, 0.3) is 6.08 Å². The summed E-state index contributed by atoms with van der Waals surface area (Å²) in [6.45, 7) is 1.53. The molecule has 1 N–H and O–H groups in total. The van der Waals surface area contributed by atoms with Crippen LogP contribution >= 0.6 is 11.6 Å². The first kappa shape index (κ1) is 19.4. The molecular weight excluding hydrogens is 384 g/mol. The van der Waals surface area contributed by atoms with Crippen LogP contribution in [-0.2, 0) is 19.1 Å². The summed E-state index contributed by atoms with van der Waals surface area (Å²) in [5.74, 6) is -1.34. The molecule has 0 radical (unpaired) electrons. The highest BCUT2D eigenvalue weighted by atomic mass is 35.5. The van der Waals surface area contributed by atoms with Gasteiger partial charge in [-0.15, -0.1) is 0 Å². The predicted molar refractivity (Wildman–Crippen MR) is 104 cm³/mol. The van der Waals surface area contributed by atoms with Gasteiger partial charge in [0.05, 0.1) is 12.8 Å². The molecule has 1 aliphatic rings. The van der Waals surface area contributed by atoms with Crippen molar-refractivity contribution in [2.45, 2.75) is 13.0 Å². The SMILES string of the molecule is COC(=O)[C@@H](C)Oc1ccc(Cl)cc1/C=C1/C(=O)NN(c2ccccc2)C1=O. The number of para-hydroxylation sites is 1. The maximum atomic E-state index is 12.7. The number of esters is 1. The number of hydrogen-bond acceptors (Lipinski definition) is 5. The van der Waals surface area contributed by atoms with E-state index in [9.17, 15) is 14.4 Å². The number of nitrogens with zero attached hydrogens (tertiary/aromatic N) is 1. The van der Waals surface area contributed by atoms with Gasteiger partial charge in [-0.25, -0.2) is 9.80 Å². The second-order valence-corrected chi connectivity index (χ2v) is 6.38. The number of ether oxygens (including phenoxy) is 2. The van der Waals surface area contributed by atoms with Crippen molar-refractivity contribution in [2.75, 3.05) is 12.1 Å². The van der Waals surface area contributed by atoms with E-state index in [0.29, 0.717) is 16.3 Å². The Morgan fingerprint density at radius 2 is 1.89 bits per heavy atom. The molecule has 1 heterocycles. The van der Waals surface area contributed by atoms with Gasteiger partial charge in [0.25, 0.3) is 11.8 Å². The molecule has 0 spiro atoms. The Morgan fingerprint density at radius 3 is 2.57 bits per heavy atom. The van der Waals surface area contributed by atoms with Crippen molar-refractivity contribution in [1.82, 2.24) is 5.43 Å². The van der Waals surface area contributed by atoms with Crippen molar-refractivity contribution >= 4 is 41.1 Å². The van der Waals surface area contributed by atoms with E-state index in [1.165, 1.54) is 20.1 Å². The van der Waals surface area contributed by atoms with Gasteiger partial charge in [0.1, 0.15) is 11.3 Å². The fourth-order valence-corrected chi connectivity index (χ4v) is 2.80. The monoisotopic (exact) mass is 400 g/mol. The van der Waals surface area contributed by atoms with Crippen molar-refractivity contribution in [1.29, 1.82) is 0 Å². The second kappa shape index (κ2) is 8.14. The van der Waals surface area contributed by atoms with Crippen molar-refractivity contribution in [2.24, 2.45) is 0 Å². The zero-order chi connectivity index (χ0) is 20.3. The fraction of sp³-hybridized carbons (Fsp3) is 0.150. The lowest BCUT2D eigenvalue weighted by molar-refractivity contribution is -0.147. The molecule has 2 aromatic carbocycles. The number of anilines is 1. The number of carbonyl (C=O) groups excluding carboxylic acids is 3. The molecule has 2 aromatic rings. The van der Waals surface area contributed by atoms with E-state index < -0.39 is 23.9 Å². The molecule has 144 valence electrons. The largest absolute Gasteiger partial charge is 0.478 e. The quantitative estimate of drug-likeness (QED) is 0.474. The van der Waals surface area contributed by atoms with Gasteiger partial charge >= 0.3 is 5.97 Å². The molecule has 1 aliphatic heterocycles. The summed E-state index contributed by atoms with van der Waals surface area (Å²) in [7, 11) is 1.26. The molecule has 7 nitrogen and oxygen atoms in total. The van der Waals surface area contributed by atoms with Crippen molar-refractivity contribution in [3.05, 3.63) is 64.7 Å². The van der Waals surface area contributed by atoms with Gasteiger partial charge in [0, 0.05) is 10.6 Å². The van der Waals surface area contributed by atoms with Crippen LogP contribution in [-0.4, -0.2) is 31.0 Å². The highest BCUT2D eigenvalue weighted by Gasteiger charge is 2.34. The number of amides is 2. The van der Waals surface area contributed by atoms with Gasteiger partial charge in [-0.1, -0.05) is 29.8 Å². The van der Waals surface area contributed by atoms with E-state index in [4.69, 9.17) is 16.3 Å². The van der Waals surface area contributed by atoms with E-state index in [-0.39, 0.29) is 11.3 Å². The van der Waals surface area contributed by atoms with Crippen LogP contribution in [0.2, 0.25) is 5.02 Å². The third kappa shape index (κ3) is 3.99. The highest BCUT2D eigenvalue weighted by molar-refractivity contribution is 6.32. The van der Waals surface area contributed by atoms with Crippen LogP contribution in [0.15, 0.2) is 54.1 Å². The van der Waals surface area contributed by atoms with Gasteiger partial charge < -0.3 is 9.47 Å². The van der Waals surface area contributed by atoms with Gasteiger partial charge in [0.2, 0.25) is 0 Å². The Kier molecular flexibility index (Phi) is 5.65. The Labute approximate surface area is 166 Å². The molecule has 1 saturated heterocycles. The topological polar surface area (TPSA) is 84.9 Å². The summed E-state index contributed by atoms with van der Waals surface area (Å²) in [5, 5.41) is 1.55. The molecule has 1 fully saturated rings. The van der Waals surface area contributed by atoms with Crippen molar-refractivity contribution < 1.29 is 23.9 Å². The van der Waals surface area contributed by atoms with Gasteiger partial charge in [-0.3, -0.25) is 15.0 Å². The summed E-state index contributed by atoms with van der Waals surface area (Å²) in [6, 6.07) is 13.4. The first-order valence-corrected chi connectivity index (χ1v) is 8.74. The second-order valence-electron chi connectivity index (χ2n) is 5.94. The smallest absolute Gasteiger partial charge is 0.346 e. The average molecular weight is 401 g/mol. The summed E-state index contributed by atoms with van der Waals surface area (Å²) in [5.41, 5.74) is 3.36. The maximum Gasteiger partial charge on any atom is 0.346 e. The van der Waals surface area contributed by atoms with E-state index in [1.54, 1.807) is 48.5 Å². The summed E-state index contributed by atoms with van der Waals surface area (Å²) < 4.78 is 10.3. The minimum Gasteiger partial charge on any atom is -0.478 e. The number of hydrogen-bond donors (Lipinski definition) is 1. The lowest BCUT2D eigenvalue weighted by atomic mass is 10.1. The standard InChI is InChI=1S/C20H17ClN2O5/c1-12(20(26)27-2)28-17-9-8-14(21)10-13(17)11-16-18(24)22-23(19(16)25)15-6-4-3-5-7-15/h3-12H,1-2H3,(H,22,24)/b16-11-/t12-/m1/s1. The molecule has 0 unspecified atom stereocenters. The van der Waals surface area contributed by atoms with Crippen LogP contribution in [0.4, 0.5) is 5.69 Å². The third-order valence-corrected chi connectivity index (χ3v) is 4.25. The normalized spacial score (nSPS) is 16.1. The predicted octanol–water partition coefficient (Wildman–Crippen LogP) is 2.74. The van der Waals surface area contributed by atoms with Crippen molar-refractivity contribution in [3.63, 3.8) is 0 Å². The summed E-state index contributed by atoms with van der Waals surface area (Å²) in [4.78, 5) is 36.7. The number of hydrazine groups is 1. The van der Waals surface area contributed by atoms with Crippen LogP contribution < -0.4 is 15.2 Å². The molecule has 0 aliphatic carbocycles. The minimum atomic E-state index is -0.878. The van der Waals surface area contributed by atoms with Gasteiger partial charge in [-0.05, 0) is 43.3 Å². The first-order chi connectivity index (χ1) is 13.4. The van der Waals surface area contributed by atoms with Crippen molar-refractivity contribution in [3.8, 4) is 5.75 Å². The van der Waals surface area contributed by atoms with Crippen LogP contribution in [0, 0.1) is 0 Å². The number of halogens is 1. The van der Waals surface area contributed by atoms with Crippen LogP contribution in [0.3, 0.4) is 0 Å². The van der Waals surface area contributed by atoms with E-state index >= 15 is 0 Å². The average Bonchev–Trinajstić information content (AvgIpc) is 2.98. The van der Waals surface area contributed by atoms with E-state index in [0.717, 1.165) is 5.01 Å². The zero-order valence-corrected chi connectivity index (χ0v) is 15.9. The summed E-state index contributed by atoms with van der Waals surface area (Å²) >= 11 is 6.05. The van der Waals surface area contributed by atoms with E-state index in [1.807, 2.05) is 0 Å². The van der Waals surface area contributed by atoms with Gasteiger partial charge in [-0.2, -0.15) is 0 Å². The van der Waals surface area contributed by atoms with E-state index in [2.05, 4.69) is 10.2 Å². The lowest BCUT2D eigenvalue weighted by Crippen LogP contribution is -2.35. The Balaban J connectivity index is 1.94. The summed E-state index contributed by atoms with van der Waals surface area (Å²) in [6.07, 6.45) is 0.503. The highest BCUT2D eigenvalue weighted by Crippen LogP contribution is 2.28.